The first-order valence-electron chi connectivity index (χ1n) is 10.9. The zero-order valence-corrected chi connectivity index (χ0v) is 17.8. The number of rotatable bonds is 2. The SMILES string of the molecule is CC(=O)O[C@@H]1C=C2O[C@@](C)(CC1)[C@H]1CC[C@]3(C)[C@@H](OC(C)=O)CC[C@H]3[C@@H]1[C@H]2C. The van der Waals surface area contributed by atoms with Crippen LogP contribution in [0.15, 0.2) is 11.8 Å². The van der Waals surface area contributed by atoms with Gasteiger partial charge in [-0.05, 0) is 63.4 Å². The number of allylic oxidation sites excluding steroid dienone is 1. The van der Waals surface area contributed by atoms with Gasteiger partial charge < -0.3 is 14.2 Å². The Bertz CT molecular complexity index is 699. The van der Waals surface area contributed by atoms with E-state index in [1.165, 1.54) is 13.8 Å². The van der Waals surface area contributed by atoms with Crippen molar-refractivity contribution in [2.24, 2.45) is 29.1 Å². The van der Waals surface area contributed by atoms with E-state index in [0.29, 0.717) is 17.8 Å². The molecule has 2 bridgehead atoms. The lowest BCUT2D eigenvalue weighted by atomic mass is 9.52. The van der Waals surface area contributed by atoms with Crippen LogP contribution < -0.4 is 0 Å². The number of hydrogen-bond acceptors (Lipinski definition) is 5. The van der Waals surface area contributed by atoms with E-state index in [1.807, 2.05) is 0 Å². The molecular formula is C23H34O5. The normalized spacial score (nSPS) is 47.0. The van der Waals surface area contributed by atoms with Gasteiger partial charge in [-0.1, -0.05) is 13.8 Å². The van der Waals surface area contributed by atoms with Crippen LogP contribution in [0.2, 0.25) is 0 Å². The van der Waals surface area contributed by atoms with Gasteiger partial charge >= 0.3 is 11.9 Å². The predicted octanol–water partition coefficient (Wildman–Crippen LogP) is 4.40. The largest absolute Gasteiger partial charge is 0.492 e. The summed E-state index contributed by atoms with van der Waals surface area (Å²) in [5, 5.41) is 0. The number of carbonyl (C=O) groups excluding carboxylic acids is 2. The molecule has 2 aliphatic carbocycles. The van der Waals surface area contributed by atoms with Crippen LogP contribution in [-0.4, -0.2) is 29.7 Å². The first-order valence-corrected chi connectivity index (χ1v) is 10.9. The Morgan fingerprint density at radius 2 is 1.71 bits per heavy atom. The van der Waals surface area contributed by atoms with Gasteiger partial charge in [-0.3, -0.25) is 9.59 Å². The summed E-state index contributed by atoms with van der Waals surface area (Å²) in [7, 11) is 0. The minimum absolute atomic E-state index is 0.0311. The van der Waals surface area contributed by atoms with E-state index in [4.69, 9.17) is 14.2 Å². The standard InChI is InChI=1S/C23H34O5/c1-13-19-12-16(26-14(2)24)8-11-23(5,28-19)18-9-10-22(4)17(21(13)18)6-7-20(22)27-15(3)25/h12-13,16-18,20-21H,6-11H2,1-5H3/t13-,16-,17-,18-,20-,21-,22-,23-/m0/s1. The first-order chi connectivity index (χ1) is 13.1. The highest BCUT2D eigenvalue weighted by Gasteiger charge is 2.62. The monoisotopic (exact) mass is 390 g/mol. The van der Waals surface area contributed by atoms with Gasteiger partial charge in [-0.15, -0.1) is 0 Å². The molecule has 0 spiro atoms. The molecule has 0 aromatic heterocycles. The molecule has 2 heterocycles. The molecule has 3 fully saturated rings. The third kappa shape index (κ3) is 3.05. The summed E-state index contributed by atoms with van der Waals surface area (Å²) in [5.41, 5.74) is -0.160. The summed E-state index contributed by atoms with van der Waals surface area (Å²) < 4.78 is 17.9. The molecule has 0 unspecified atom stereocenters. The highest BCUT2D eigenvalue weighted by atomic mass is 16.6. The molecule has 156 valence electrons. The van der Waals surface area contributed by atoms with Crippen LogP contribution in [0.4, 0.5) is 0 Å². The summed E-state index contributed by atoms with van der Waals surface area (Å²) in [5.74, 6) is 2.41. The van der Waals surface area contributed by atoms with Gasteiger partial charge in [0.15, 0.2) is 0 Å². The molecule has 0 aromatic rings. The molecule has 0 N–H and O–H groups in total. The van der Waals surface area contributed by atoms with Crippen molar-refractivity contribution in [3.05, 3.63) is 11.8 Å². The zero-order chi connectivity index (χ0) is 20.3. The van der Waals surface area contributed by atoms with Crippen LogP contribution in [0.1, 0.15) is 73.1 Å². The van der Waals surface area contributed by atoms with Crippen molar-refractivity contribution >= 4 is 11.9 Å². The van der Waals surface area contributed by atoms with E-state index in [9.17, 15) is 9.59 Å². The highest BCUT2D eigenvalue weighted by molar-refractivity contribution is 5.66. The van der Waals surface area contributed by atoms with E-state index < -0.39 is 0 Å². The van der Waals surface area contributed by atoms with Gasteiger partial charge in [0.1, 0.15) is 17.8 Å². The van der Waals surface area contributed by atoms with Gasteiger partial charge in [-0.2, -0.15) is 0 Å². The van der Waals surface area contributed by atoms with E-state index >= 15 is 0 Å². The van der Waals surface area contributed by atoms with Crippen molar-refractivity contribution in [3.8, 4) is 0 Å². The van der Waals surface area contributed by atoms with Gasteiger partial charge in [0.05, 0.1) is 5.76 Å². The van der Waals surface area contributed by atoms with Gasteiger partial charge in [0, 0.05) is 31.1 Å². The molecule has 28 heavy (non-hydrogen) atoms. The number of fused-ring (bicyclic) bond motifs is 6. The predicted molar refractivity (Wildman–Crippen MR) is 104 cm³/mol. The third-order valence-electron chi connectivity index (χ3n) is 8.31. The molecule has 1 saturated heterocycles. The fourth-order valence-corrected chi connectivity index (χ4v) is 7.00. The second kappa shape index (κ2) is 6.77. The highest BCUT2D eigenvalue weighted by Crippen LogP contribution is 2.64. The van der Waals surface area contributed by atoms with Gasteiger partial charge in [0.25, 0.3) is 0 Å². The van der Waals surface area contributed by atoms with Crippen molar-refractivity contribution in [2.75, 3.05) is 0 Å². The van der Waals surface area contributed by atoms with Crippen molar-refractivity contribution in [1.82, 2.24) is 0 Å². The Balaban J connectivity index is 1.66. The number of hydrogen-bond donors (Lipinski definition) is 0. The van der Waals surface area contributed by atoms with Crippen molar-refractivity contribution in [1.29, 1.82) is 0 Å². The fraction of sp³-hybridized carbons (Fsp3) is 0.826. The first kappa shape index (κ1) is 19.8. The van der Waals surface area contributed by atoms with Gasteiger partial charge in [0.2, 0.25) is 0 Å². The van der Waals surface area contributed by atoms with Crippen LogP contribution in [0.25, 0.3) is 0 Å². The lowest BCUT2D eigenvalue weighted by Gasteiger charge is -2.58. The molecule has 4 aliphatic rings. The van der Waals surface area contributed by atoms with E-state index in [-0.39, 0.29) is 41.1 Å². The molecule has 8 atom stereocenters. The molecule has 5 nitrogen and oxygen atoms in total. The Labute approximate surface area is 168 Å². The number of esters is 2. The van der Waals surface area contributed by atoms with E-state index in [2.05, 4.69) is 26.8 Å². The topological polar surface area (TPSA) is 61.8 Å². The molecule has 4 rings (SSSR count). The molecular weight excluding hydrogens is 356 g/mol. The maximum atomic E-state index is 11.7. The lowest BCUT2D eigenvalue weighted by molar-refractivity contribution is -0.178. The average molecular weight is 391 g/mol. The second-order valence-electron chi connectivity index (χ2n) is 9.97. The molecule has 0 aromatic carbocycles. The van der Waals surface area contributed by atoms with E-state index in [0.717, 1.165) is 44.3 Å². The van der Waals surface area contributed by atoms with Crippen molar-refractivity contribution < 1.29 is 23.8 Å². The summed E-state index contributed by atoms with van der Waals surface area (Å²) in [6.45, 7) is 9.85. The Kier molecular flexibility index (Phi) is 4.79. The molecule has 0 amide bonds. The average Bonchev–Trinajstić information content (AvgIpc) is 2.83. The summed E-state index contributed by atoms with van der Waals surface area (Å²) >= 11 is 0. The maximum Gasteiger partial charge on any atom is 0.303 e. The van der Waals surface area contributed by atoms with E-state index in [1.54, 1.807) is 0 Å². The minimum atomic E-state index is -0.235. The molecule has 0 radical (unpaired) electrons. The smallest absolute Gasteiger partial charge is 0.303 e. The summed E-state index contributed by atoms with van der Waals surface area (Å²) in [4.78, 5) is 23.2. The lowest BCUT2D eigenvalue weighted by Crippen LogP contribution is -2.56. The second-order valence-corrected chi connectivity index (χ2v) is 9.97. The zero-order valence-electron chi connectivity index (χ0n) is 17.8. The summed E-state index contributed by atoms with van der Waals surface area (Å²) in [6.07, 6.45) is 7.85. The number of carbonyl (C=O) groups is 2. The Morgan fingerprint density at radius 1 is 1.00 bits per heavy atom. The fourth-order valence-electron chi connectivity index (χ4n) is 7.00. The van der Waals surface area contributed by atoms with Crippen molar-refractivity contribution in [3.63, 3.8) is 0 Å². The Hall–Kier alpha value is -1.52. The number of ether oxygens (including phenoxy) is 3. The quantitative estimate of drug-likeness (QED) is 0.654. The van der Waals surface area contributed by atoms with Crippen LogP contribution in [0.5, 0.6) is 0 Å². The van der Waals surface area contributed by atoms with Crippen LogP contribution >= 0.6 is 0 Å². The van der Waals surface area contributed by atoms with Crippen LogP contribution in [0.3, 0.4) is 0 Å². The van der Waals surface area contributed by atoms with Crippen LogP contribution in [-0.2, 0) is 23.8 Å². The summed E-state index contributed by atoms with van der Waals surface area (Å²) in [6, 6.07) is 0. The van der Waals surface area contributed by atoms with Crippen LogP contribution in [0, 0.1) is 29.1 Å². The minimum Gasteiger partial charge on any atom is -0.492 e. The molecule has 2 saturated carbocycles. The van der Waals surface area contributed by atoms with Gasteiger partial charge in [-0.25, -0.2) is 0 Å². The maximum absolute atomic E-state index is 11.7. The van der Waals surface area contributed by atoms with Crippen molar-refractivity contribution in [2.45, 2.75) is 91.0 Å². The molecule has 2 aliphatic heterocycles. The molecule has 5 heteroatoms. The third-order valence-corrected chi connectivity index (χ3v) is 8.31. The Morgan fingerprint density at radius 3 is 2.39 bits per heavy atom.